The van der Waals surface area contributed by atoms with Gasteiger partial charge >= 0.3 is 5.97 Å². The second kappa shape index (κ2) is 8.54. The van der Waals surface area contributed by atoms with Crippen molar-refractivity contribution in [3.05, 3.63) is 84.3 Å². The van der Waals surface area contributed by atoms with Crippen molar-refractivity contribution in [2.75, 3.05) is 0 Å². The molecule has 0 fully saturated rings. The Morgan fingerprint density at radius 3 is 2.58 bits per heavy atom. The fourth-order valence-corrected chi connectivity index (χ4v) is 5.64. The number of carbonyl (C=O) groups is 1. The number of rotatable bonds is 7. The van der Waals surface area contributed by atoms with Gasteiger partial charge in [0, 0.05) is 22.9 Å². The molecule has 9 heteroatoms. The molecule has 2 aromatic carbocycles. The van der Waals surface area contributed by atoms with Crippen molar-refractivity contribution in [3.8, 4) is 10.4 Å². The molecule has 0 aliphatic heterocycles. The summed E-state index contributed by atoms with van der Waals surface area (Å²) in [5.41, 5.74) is 2.04. The third-order valence-electron chi connectivity index (χ3n) is 4.66. The Morgan fingerprint density at radius 2 is 1.84 bits per heavy atom. The molecule has 4 aromatic rings. The fourth-order valence-electron chi connectivity index (χ4n) is 3.12. The Hall–Kier alpha value is -3.14. The summed E-state index contributed by atoms with van der Waals surface area (Å²) in [6, 6.07) is 16.5. The molecule has 0 spiro atoms. The van der Waals surface area contributed by atoms with Crippen LogP contribution in [0, 0.1) is 5.82 Å². The lowest BCUT2D eigenvalue weighted by atomic mass is 10.1. The SMILES string of the molecule is O=C(O)[C@@H](Cc1cnc2ccccc2c1)NS(=O)(=O)c1ccc(-c2ccc(F)cc2)s1. The molecule has 0 unspecified atom stereocenters. The molecule has 0 saturated carbocycles. The number of thiophene rings is 1. The van der Waals surface area contributed by atoms with Crippen LogP contribution in [-0.2, 0) is 21.2 Å². The standard InChI is InChI=1S/C22H17FN2O4S2/c23-17-7-5-15(6-8-17)20-9-10-21(30-20)31(28,29)25-19(22(26)27)12-14-11-16-3-1-2-4-18(16)24-13-14/h1-11,13,19,25H,12H2,(H,26,27)/t19-/m1/s1. The monoisotopic (exact) mass is 456 g/mol. The van der Waals surface area contributed by atoms with E-state index in [1.165, 1.54) is 18.2 Å². The number of nitrogens with one attached hydrogen (secondary N) is 1. The van der Waals surface area contributed by atoms with Crippen molar-refractivity contribution in [2.24, 2.45) is 0 Å². The molecule has 4 rings (SSSR count). The first-order valence-corrected chi connectivity index (χ1v) is 11.6. The number of nitrogens with zero attached hydrogens (tertiary/aromatic N) is 1. The number of fused-ring (bicyclic) bond motifs is 1. The van der Waals surface area contributed by atoms with E-state index in [0.29, 0.717) is 16.0 Å². The van der Waals surface area contributed by atoms with Crippen LogP contribution in [0.15, 0.2) is 77.1 Å². The number of hydrogen-bond donors (Lipinski definition) is 2. The van der Waals surface area contributed by atoms with Crippen molar-refractivity contribution in [1.82, 2.24) is 9.71 Å². The lowest BCUT2D eigenvalue weighted by molar-refractivity contribution is -0.138. The van der Waals surface area contributed by atoms with Crippen LogP contribution in [0.4, 0.5) is 4.39 Å². The zero-order valence-electron chi connectivity index (χ0n) is 16.0. The maximum absolute atomic E-state index is 13.1. The molecule has 2 heterocycles. The Kier molecular flexibility index (Phi) is 5.81. The minimum absolute atomic E-state index is 0.0188. The number of para-hydroxylation sites is 1. The van der Waals surface area contributed by atoms with E-state index in [9.17, 15) is 22.7 Å². The van der Waals surface area contributed by atoms with Crippen LogP contribution in [0.2, 0.25) is 0 Å². The van der Waals surface area contributed by atoms with E-state index in [1.54, 1.807) is 30.5 Å². The maximum atomic E-state index is 13.1. The smallest absolute Gasteiger partial charge is 0.322 e. The molecule has 0 amide bonds. The molecular formula is C22H17FN2O4S2. The van der Waals surface area contributed by atoms with Gasteiger partial charge in [0.2, 0.25) is 0 Å². The van der Waals surface area contributed by atoms with Crippen molar-refractivity contribution in [3.63, 3.8) is 0 Å². The van der Waals surface area contributed by atoms with Crippen LogP contribution < -0.4 is 4.72 Å². The molecule has 0 radical (unpaired) electrons. The molecule has 158 valence electrons. The van der Waals surface area contributed by atoms with Gasteiger partial charge in [-0.25, -0.2) is 12.8 Å². The number of carboxylic acids is 1. The Morgan fingerprint density at radius 1 is 1.10 bits per heavy atom. The molecule has 31 heavy (non-hydrogen) atoms. The highest BCUT2D eigenvalue weighted by atomic mass is 32.2. The summed E-state index contributed by atoms with van der Waals surface area (Å²) in [7, 11) is -4.07. The summed E-state index contributed by atoms with van der Waals surface area (Å²) < 4.78 is 41.0. The summed E-state index contributed by atoms with van der Waals surface area (Å²) in [5, 5.41) is 10.4. The molecule has 2 aromatic heterocycles. The quantitative estimate of drug-likeness (QED) is 0.437. The highest BCUT2D eigenvalue weighted by Gasteiger charge is 2.27. The maximum Gasteiger partial charge on any atom is 0.322 e. The van der Waals surface area contributed by atoms with E-state index in [-0.39, 0.29) is 16.4 Å². The molecule has 6 nitrogen and oxygen atoms in total. The number of benzene rings is 2. The van der Waals surface area contributed by atoms with Crippen LogP contribution in [0.5, 0.6) is 0 Å². The number of carboxylic acid groups (broad SMARTS) is 1. The van der Waals surface area contributed by atoms with Crippen molar-refractivity contribution < 1.29 is 22.7 Å². The summed E-state index contributed by atoms with van der Waals surface area (Å²) in [6.07, 6.45) is 1.49. The third-order valence-corrected chi connectivity index (χ3v) is 7.76. The molecule has 0 aliphatic rings. The van der Waals surface area contributed by atoms with Crippen LogP contribution in [0.25, 0.3) is 21.3 Å². The number of hydrogen-bond acceptors (Lipinski definition) is 5. The molecule has 0 aliphatic carbocycles. The van der Waals surface area contributed by atoms with E-state index in [2.05, 4.69) is 9.71 Å². The Bertz CT molecular complexity index is 1350. The first-order chi connectivity index (χ1) is 14.8. The topological polar surface area (TPSA) is 96.4 Å². The first kappa shape index (κ1) is 21.1. The zero-order valence-corrected chi connectivity index (χ0v) is 17.7. The number of aliphatic carboxylic acids is 1. The number of sulfonamides is 1. The predicted molar refractivity (Wildman–Crippen MR) is 117 cm³/mol. The van der Waals surface area contributed by atoms with Crippen LogP contribution in [0.1, 0.15) is 5.56 Å². The second-order valence-corrected chi connectivity index (χ2v) is 9.90. The van der Waals surface area contributed by atoms with Gasteiger partial charge < -0.3 is 5.11 Å². The summed E-state index contributed by atoms with van der Waals surface area (Å²) >= 11 is 0.982. The van der Waals surface area contributed by atoms with E-state index >= 15 is 0 Å². The average molecular weight is 457 g/mol. The van der Waals surface area contributed by atoms with Crippen molar-refractivity contribution in [1.29, 1.82) is 0 Å². The van der Waals surface area contributed by atoms with E-state index in [1.807, 2.05) is 24.3 Å². The lowest BCUT2D eigenvalue weighted by Crippen LogP contribution is -2.42. The number of halogens is 1. The summed E-state index contributed by atoms with van der Waals surface area (Å²) in [4.78, 5) is 16.7. The van der Waals surface area contributed by atoms with Crippen molar-refractivity contribution >= 4 is 38.2 Å². The zero-order chi connectivity index (χ0) is 22.0. The number of pyridine rings is 1. The third kappa shape index (κ3) is 4.79. The molecule has 0 bridgehead atoms. The van der Waals surface area contributed by atoms with Gasteiger partial charge in [-0.2, -0.15) is 4.72 Å². The average Bonchev–Trinajstić information content (AvgIpc) is 3.25. The van der Waals surface area contributed by atoms with Gasteiger partial charge in [0.05, 0.1) is 5.52 Å². The minimum atomic E-state index is -4.07. The van der Waals surface area contributed by atoms with Crippen LogP contribution >= 0.6 is 11.3 Å². The Balaban J connectivity index is 1.55. The Labute approximate surface area is 182 Å². The minimum Gasteiger partial charge on any atom is -0.480 e. The second-order valence-electron chi connectivity index (χ2n) is 6.88. The van der Waals surface area contributed by atoms with E-state index in [4.69, 9.17) is 0 Å². The molecule has 1 atom stereocenters. The largest absolute Gasteiger partial charge is 0.480 e. The number of aromatic nitrogens is 1. The highest BCUT2D eigenvalue weighted by Crippen LogP contribution is 2.31. The van der Waals surface area contributed by atoms with Gasteiger partial charge in [-0.1, -0.05) is 30.3 Å². The van der Waals surface area contributed by atoms with Gasteiger partial charge in [-0.15, -0.1) is 11.3 Å². The summed E-state index contributed by atoms with van der Waals surface area (Å²) in [5.74, 6) is -1.67. The lowest BCUT2D eigenvalue weighted by Gasteiger charge is -2.14. The molecule has 0 saturated heterocycles. The van der Waals surface area contributed by atoms with Gasteiger partial charge in [0.15, 0.2) is 0 Å². The molecule has 2 N–H and O–H groups in total. The van der Waals surface area contributed by atoms with Crippen molar-refractivity contribution in [2.45, 2.75) is 16.7 Å². The van der Waals surface area contributed by atoms with E-state index < -0.39 is 22.0 Å². The van der Waals surface area contributed by atoms with E-state index in [0.717, 1.165) is 22.2 Å². The summed E-state index contributed by atoms with van der Waals surface area (Å²) in [6.45, 7) is 0. The van der Waals surface area contributed by atoms with Gasteiger partial charge in [0.1, 0.15) is 16.1 Å². The predicted octanol–water partition coefficient (Wildman–Crippen LogP) is 4.08. The highest BCUT2D eigenvalue weighted by molar-refractivity contribution is 7.91. The van der Waals surface area contributed by atoms with Crippen LogP contribution in [-0.4, -0.2) is 30.5 Å². The van der Waals surface area contributed by atoms with Gasteiger partial charge in [-0.05, 0) is 47.5 Å². The molecular weight excluding hydrogens is 439 g/mol. The fraction of sp³-hybridized carbons (Fsp3) is 0.0909. The van der Waals surface area contributed by atoms with Gasteiger partial charge in [-0.3, -0.25) is 9.78 Å². The van der Waals surface area contributed by atoms with Crippen LogP contribution in [0.3, 0.4) is 0 Å². The normalized spacial score (nSPS) is 12.7. The first-order valence-electron chi connectivity index (χ1n) is 9.26. The van der Waals surface area contributed by atoms with Gasteiger partial charge in [0.25, 0.3) is 10.0 Å².